The van der Waals surface area contributed by atoms with Gasteiger partial charge in [0.1, 0.15) is 0 Å². The van der Waals surface area contributed by atoms with Crippen LogP contribution >= 0.6 is 38.9 Å². The van der Waals surface area contributed by atoms with Crippen LogP contribution in [0.5, 0.6) is 0 Å². The van der Waals surface area contributed by atoms with Gasteiger partial charge in [-0.25, -0.2) is 0 Å². The number of nitrogens with two attached hydrogens (primary N) is 1. The highest BCUT2D eigenvalue weighted by molar-refractivity contribution is 9.10. The molecule has 2 N–H and O–H groups in total. The van der Waals surface area contributed by atoms with E-state index in [1.807, 2.05) is 11.4 Å². The van der Waals surface area contributed by atoms with Crippen LogP contribution in [-0.4, -0.2) is 0 Å². The van der Waals surface area contributed by atoms with Gasteiger partial charge in [0.25, 0.3) is 0 Å². The Bertz CT molecular complexity index is 452. The third kappa shape index (κ3) is 1.56. The van der Waals surface area contributed by atoms with Crippen LogP contribution in [0, 0.1) is 0 Å². The number of anilines is 1. The number of hydrogen-bond donors (Lipinski definition) is 1. The SMILES string of the molecule is Nc1cc(CCl)cc2scc(Br)c12. The zero-order chi connectivity index (χ0) is 9.42. The first-order chi connectivity index (χ1) is 6.22. The Morgan fingerprint density at radius 2 is 2.23 bits per heavy atom. The molecule has 0 aliphatic carbocycles. The van der Waals surface area contributed by atoms with Crippen molar-refractivity contribution in [2.24, 2.45) is 0 Å². The van der Waals surface area contributed by atoms with Gasteiger partial charge in [-0.3, -0.25) is 0 Å². The number of rotatable bonds is 1. The Hall–Kier alpha value is -0.250. The van der Waals surface area contributed by atoms with Crippen molar-refractivity contribution in [3.05, 3.63) is 27.5 Å². The van der Waals surface area contributed by atoms with Crippen molar-refractivity contribution in [2.45, 2.75) is 5.88 Å². The Morgan fingerprint density at radius 1 is 1.46 bits per heavy atom. The molecule has 0 saturated heterocycles. The van der Waals surface area contributed by atoms with E-state index in [0.29, 0.717) is 5.88 Å². The molecular formula is C9H7BrClNS. The first kappa shape index (κ1) is 9.31. The molecule has 1 aromatic carbocycles. The molecule has 0 saturated carbocycles. The van der Waals surface area contributed by atoms with Gasteiger partial charge in [-0.05, 0) is 33.6 Å². The maximum atomic E-state index is 5.90. The van der Waals surface area contributed by atoms with Crippen molar-refractivity contribution in [1.29, 1.82) is 0 Å². The van der Waals surface area contributed by atoms with Crippen LogP contribution in [0.4, 0.5) is 5.69 Å². The Kier molecular flexibility index (Phi) is 2.49. The lowest BCUT2D eigenvalue weighted by atomic mass is 10.1. The predicted molar refractivity (Wildman–Crippen MR) is 63.5 cm³/mol. The van der Waals surface area contributed by atoms with E-state index >= 15 is 0 Å². The summed E-state index contributed by atoms with van der Waals surface area (Å²) in [5.74, 6) is 0.510. The van der Waals surface area contributed by atoms with Gasteiger partial charge in [-0.15, -0.1) is 22.9 Å². The van der Waals surface area contributed by atoms with Crippen molar-refractivity contribution in [3.8, 4) is 0 Å². The minimum Gasteiger partial charge on any atom is -0.398 e. The van der Waals surface area contributed by atoms with Gasteiger partial charge in [-0.1, -0.05) is 0 Å². The zero-order valence-corrected chi connectivity index (χ0v) is 9.84. The van der Waals surface area contributed by atoms with E-state index in [1.54, 1.807) is 11.3 Å². The van der Waals surface area contributed by atoms with Crippen LogP contribution in [-0.2, 0) is 5.88 Å². The summed E-state index contributed by atoms with van der Waals surface area (Å²) < 4.78 is 2.24. The molecule has 68 valence electrons. The summed E-state index contributed by atoms with van der Waals surface area (Å²) in [5.41, 5.74) is 7.76. The average molecular weight is 277 g/mol. The molecule has 0 atom stereocenters. The smallest absolute Gasteiger partial charge is 0.0475 e. The molecule has 0 bridgehead atoms. The topological polar surface area (TPSA) is 26.0 Å². The first-order valence-corrected chi connectivity index (χ1v) is 5.94. The van der Waals surface area contributed by atoms with Crippen molar-refractivity contribution < 1.29 is 0 Å². The van der Waals surface area contributed by atoms with Gasteiger partial charge in [0.15, 0.2) is 0 Å². The fourth-order valence-electron chi connectivity index (χ4n) is 1.30. The minimum absolute atomic E-state index is 0.510. The zero-order valence-electron chi connectivity index (χ0n) is 6.68. The summed E-state index contributed by atoms with van der Waals surface area (Å²) in [6, 6.07) is 4.00. The molecule has 0 unspecified atom stereocenters. The highest BCUT2D eigenvalue weighted by Gasteiger charge is 2.06. The summed E-state index contributed by atoms with van der Waals surface area (Å²) in [7, 11) is 0. The van der Waals surface area contributed by atoms with Crippen LogP contribution in [0.15, 0.2) is 22.0 Å². The maximum Gasteiger partial charge on any atom is 0.0475 e. The standard InChI is InChI=1S/C9H7BrClNS/c10-6-4-13-8-2-5(3-11)1-7(12)9(6)8/h1-2,4H,3,12H2. The number of fused-ring (bicyclic) bond motifs is 1. The number of halogens is 2. The van der Waals surface area contributed by atoms with Crippen LogP contribution < -0.4 is 5.73 Å². The van der Waals surface area contributed by atoms with Crippen LogP contribution in [0.25, 0.3) is 10.1 Å². The lowest BCUT2D eigenvalue weighted by Gasteiger charge is -2.00. The molecule has 2 aromatic rings. The molecule has 0 fully saturated rings. The van der Waals surface area contributed by atoms with Crippen molar-refractivity contribution in [2.75, 3.05) is 5.73 Å². The number of benzene rings is 1. The second-order valence-electron chi connectivity index (χ2n) is 2.78. The molecule has 1 heterocycles. The van der Waals surface area contributed by atoms with Gasteiger partial charge < -0.3 is 5.73 Å². The summed E-state index contributed by atoms with van der Waals surface area (Å²) in [4.78, 5) is 0. The van der Waals surface area contributed by atoms with Gasteiger partial charge in [0.05, 0.1) is 0 Å². The summed E-state index contributed by atoms with van der Waals surface area (Å²) in [5, 5.41) is 3.14. The minimum atomic E-state index is 0.510. The quantitative estimate of drug-likeness (QED) is 0.619. The van der Waals surface area contributed by atoms with Crippen LogP contribution in [0.1, 0.15) is 5.56 Å². The maximum absolute atomic E-state index is 5.90. The van der Waals surface area contributed by atoms with Gasteiger partial charge in [0, 0.05) is 31.5 Å². The molecule has 1 nitrogen and oxygen atoms in total. The van der Waals surface area contributed by atoms with E-state index in [-0.39, 0.29) is 0 Å². The normalized spacial score (nSPS) is 10.9. The van der Waals surface area contributed by atoms with E-state index in [0.717, 1.165) is 21.1 Å². The third-order valence-corrected chi connectivity index (χ3v) is 4.04. The fraction of sp³-hybridized carbons (Fsp3) is 0.111. The monoisotopic (exact) mass is 275 g/mol. The highest BCUT2D eigenvalue weighted by atomic mass is 79.9. The second kappa shape index (κ2) is 3.48. The Morgan fingerprint density at radius 3 is 2.92 bits per heavy atom. The predicted octanol–water partition coefficient (Wildman–Crippen LogP) is 3.98. The summed E-state index contributed by atoms with van der Waals surface area (Å²) in [6.07, 6.45) is 0. The molecule has 0 spiro atoms. The van der Waals surface area contributed by atoms with Crippen molar-refractivity contribution in [1.82, 2.24) is 0 Å². The second-order valence-corrected chi connectivity index (χ2v) is 4.81. The largest absolute Gasteiger partial charge is 0.398 e. The molecule has 4 heteroatoms. The molecule has 0 amide bonds. The summed E-state index contributed by atoms with van der Waals surface area (Å²) in [6.45, 7) is 0. The lowest BCUT2D eigenvalue weighted by molar-refractivity contribution is 1.43. The first-order valence-electron chi connectivity index (χ1n) is 3.73. The lowest BCUT2D eigenvalue weighted by Crippen LogP contribution is -1.87. The average Bonchev–Trinajstić information content (AvgIpc) is 2.48. The third-order valence-electron chi connectivity index (χ3n) is 1.87. The molecule has 13 heavy (non-hydrogen) atoms. The molecule has 0 aliphatic heterocycles. The van der Waals surface area contributed by atoms with Crippen molar-refractivity contribution in [3.63, 3.8) is 0 Å². The van der Waals surface area contributed by atoms with Crippen LogP contribution in [0.3, 0.4) is 0 Å². The summed E-state index contributed by atoms with van der Waals surface area (Å²) >= 11 is 10.9. The molecule has 0 aliphatic rings. The van der Waals surface area contributed by atoms with E-state index in [9.17, 15) is 0 Å². The van der Waals surface area contributed by atoms with Gasteiger partial charge in [0.2, 0.25) is 0 Å². The van der Waals surface area contributed by atoms with Crippen molar-refractivity contribution >= 4 is 54.6 Å². The number of hydrogen-bond acceptors (Lipinski definition) is 2. The van der Waals surface area contributed by atoms with E-state index in [2.05, 4.69) is 22.0 Å². The Balaban J connectivity index is 2.79. The van der Waals surface area contributed by atoms with E-state index < -0.39 is 0 Å². The fourth-order valence-corrected chi connectivity index (χ4v) is 3.22. The van der Waals surface area contributed by atoms with Crippen LogP contribution in [0.2, 0.25) is 0 Å². The number of thiophene rings is 1. The Labute approximate surface area is 93.6 Å². The molecular weight excluding hydrogens is 270 g/mol. The number of nitrogen functional groups attached to an aromatic ring is 1. The number of alkyl halides is 1. The highest BCUT2D eigenvalue weighted by Crippen LogP contribution is 2.35. The molecule has 1 aromatic heterocycles. The van der Waals surface area contributed by atoms with Gasteiger partial charge in [-0.2, -0.15) is 0 Å². The van der Waals surface area contributed by atoms with E-state index in [1.165, 1.54) is 4.70 Å². The molecule has 0 radical (unpaired) electrons. The van der Waals surface area contributed by atoms with E-state index in [4.69, 9.17) is 17.3 Å². The molecule has 2 rings (SSSR count). The van der Waals surface area contributed by atoms with Gasteiger partial charge >= 0.3 is 0 Å².